The van der Waals surface area contributed by atoms with Gasteiger partial charge < -0.3 is 10.0 Å². The number of nitrogens with one attached hydrogen (secondary N) is 2. The van der Waals surface area contributed by atoms with E-state index >= 15 is 0 Å². The number of aromatic nitrogens is 1. The van der Waals surface area contributed by atoms with Gasteiger partial charge in [0.2, 0.25) is 0 Å². The highest BCUT2D eigenvalue weighted by molar-refractivity contribution is 7.87. The second-order valence-corrected chi connectivity index (χ2v) is 7.04. The number of nitrogens with zero attached hydrogens (tertiary/aromatic N) is 2. The van der Waals surface area contributed by atoms with Crippen LogP contribution in [0.15, 0.2) is 18.2 Å². The molecule has 25 heavy (non-hydrogen) atoms. The van der Waals surface area contributed by atoms with Crippen LogP contribution in [0.1, 0.15) is 23.3 Å². The first kappa shape index (κ1) is 19.4. The summed E-state index contributed by atoms with van der Waals surface area (Å²) in [6.07, 6.45) is -3.92. The largest absolute Gasteiger partial charge is 0.477 e. The van der Waals surface area contributed by atoms with E-state index in [-0.39, 0.29) is 5.69 Å². The minimum Gasteiger partial charge on any atom is -0.477 e. The van der Waals surface area contributed by atoms with E-state index in [0.717, 1.165) is 0 Å². The highest BCUT2D eigenvalue weighted by atomic mass is 32.2. The molecule has 3 N–H and O–H groups in total. The molecular weight excluding hydrogens is 365 g/mol. The lowest BCUT2D eigenvalue weighted by Crippen LogP contribution is -2.49. The van der Waals surface area contributed by atoms with E-state index in [1.54, 1.807) is 17.0 Å². The summed E-state index contributed by atoms with van der Waals surface area (Å²) in [6, 6.07) is 4.05. The molecular formula is C13H17F3N4O4S. The number of carboxylic acid groups (broad SMARTS) is 1. The van der Waals surface area contributed by atoms with Crippen LogP contribution in [0.4, 0.5) is 19.0 Å². The van der Waals surface area contributed by atoms with Crippen LogP contribution in [0, 0.1) is 0 Å². The van der Waals surface area contributed by atoms with Crippen LogP contribution in [0.5, 0.6) is 0 Å². The highest BCUT2D eigenvalue weighted by Gasteiger charge is 2.31. The number of hydrogen-bond acceptors (Lipinski definition) is 5. The molecule has 0 spiro atoms. The van der Waals surface area contributed by atoms with Gasteiger partial charge in [-0.2, -0.15) is 31.0 Å². The predicted octanol–water partition coefficient (Wildman–Crippen LogP) is 0.735. The number of anilines is 1. The van der Waals surface area contributed by atoms with E-state index in [1.165, 1.54) is 10.8 Å². The van der Waals surface area contributed by atoms with E-state index in [1.807, 2.05) is 0 Å². The van der Waals surface area contributed by atoms with Gasteiger partial charge in [0.1, 0.15) is 12.4 Å². The molecule has 1 aromatic rings. The molecule has 1 aromatic heterocycles. The Morgan fingerprint density at radius 3 is 2.52 bits per heavy atom. The fourth-order valence-electron chi connectivity index (χ4n) is 2.38. The van der Waals surface area contributed by atoms with Gasteiger partial charge in [0, 0.05) is 19.1 Å². The van der Waals surface area contributed by atoms with E-state index in [9.17, 15) is 26.4 Å². The molecule has 0 aromatic carbocycles. The Bertz CT molecular complexity index is 718. The zero-order chi connectivity index (χ0) is 18.7. The maximum Gasteiger partial charge on any atom is 0.402 e. The molecule has 0 radical (unpaired) electrons. The minimum atomic E-state index is -4.63. The maximum atomic E-state index is 12.1. The van der Waals surface area contributed by atoms with Gasteiger partial charge in [-0.05, 0) is 25.0 Å². The first-order valence-corrected chi connectivity index (χ1v) is 8.83. The molecule has 1 aliphatic rings. The predicted molar refractivity (Wildman–Crippen MR) is 82.5 cm³/mol. The lowest BCUT2D eigenvalue weighted by molar-refractivity contribution is -0.121. The monoisotopic (exact) mass is 382 g/mol. The normalized spacial score (nSPS) is 16.8. The van der Waals surface area contributed by atoms with E-state index in [4.69, 9.17) is 5.11 Å². The fraction of sp³-hybridized carbons (Fsp3) is 0.538. The standard InChI is InChI=1S/C13H17F3N4O4S/c14-13(15,16)8-17-25(23,24)19-9-4-6-20(7-5-9)11-3-1-2-10(18-11)12(21)22/h1-3,9,17,19H,4-8H2,(H,21,22). The lowest BCUT2D eigenvalue weighted by Gasteiger charge is -2.33. The number of hydrogen-bond donors (Lipinski definition) is 3. The summed E-state index contributed by atoms with van der Waals surface area (Å²) in [5.41, 5.74) is -0.100. The summed E-state index contributed by atoms with van der Waals surface area (Å²) in [4.78, 5) is 16.7. The number of alkyl halides is 3. The van der Waals surface area contributed by atoms with Crippen molar-refractivity contribution in [3.63, 3.8) is 0 Å². The molecule has 1 saturated heterocycles. The lowest BCUT2D eigenvalue weighted by atomic mass is 10.1. The van der Waals surface area contributed by atoms with Crippen LogP contribution in [-0.4, -0.2) is 56.3 Å². The first-order chi connectivity index (χ1) is 11.6. The second kappa shape index (κ2) is 7.54. The fourth-order valence-corrected chi connectivity index (χ4v) is 3.49. The number of carboxylic acids is 1. The molecule has 2 heterocycles. The number of rotatable bonds is 6. The van der Waals surface area contributed by atoms with Crippen molar-refractivity contribution in [1.82, 2.24) is 14.4 Å². The Morgan fingerprint density at radius 1 is 1.32 bits per heavy atom. The Kier molecular flexibility index (Phi) is 5.85. The van der Waals surface area contributed by atoms with Crippen LogP contribution in [0.2, 0.25) is 0 Å². The number of piperidine rings is 1. The van der Waals surface area contributed by atoms with Crippen molar-refractivity contribution in [2.24, 2.45) is 0 Å². The molecule has 1 fully saturated rings. The molecule has 0 unspecified atom stereocenters. The van der Waals surface area contributed by atoms with Gasteiger partial charge in [-0.1, -0.05) is 6.07 Å². The van der Waals surface area contributed by atoms with E-state index in [0.29, 0.717) is 31.7 Å². The summed E-state index contributed by atoms with van der Waals surface area (Å²) < 4.78 is 63.1. The topological polar surface area (TPSA) is 112 Å². The second-order valence-electron chi connectivity index (χ2n) is 5.51. The van der Waals surface area contributed by atoms with E-state index in [2.05, 4.69) is 9.71 Å². The Hall–Kier alpha value is -1.92. The molecule has 0 aliphatic carbocycles. The van der Waals surface area contributed by atoms with Crippen LogP contribution in [0.25, 0.3) is 0 Å². The zero-order valence-corrected chi connectivity index (χ0v) is 13.8. The van der Waals surface area contributed by atoms with Crippen LogP contribution in [-0.2, 0) is 10.2 Å². The van der Waals surface area contributed by atoms with Gasteiger partial charge in [-0.15, -0.1) is 0 Å². The van der Waals surface area contributed by atoms with Crippen molar-refractivity contribution in [2.75, 3.05) is 24.5 Å². The van der Waals surface area contributed by atoms with Gasteiger partial charge in [0.25, 0.3) is 10.2 Å². The Labute approximate surface area is 142 Å². The molecule has 12 heteroatoms. The van der Waals surface area contributed by atoms with Gasteiger partial charge in [0.05, 0.1) is 0 Å². The third-order valence-electron chi connectivity index (χ3n) is 3.56. The summed E-state index contributed by atoms with van der Waals surface area (Å²) in [6.45, 7) is -0.849. The van der Waals surface area contributed by atoms with Crippen LogP contribution >= 0.6 is 0 Å². The number of pyridine rings is 1. The quantitative estimate of drug-likeness (QED) is 0.669. The van der Waals surface area contributed by atoms with E-state index < -0.39 is 34.9 Å². The van der Waals surface area contributed by atoms with Crippen molar-refractivity contribution in [3.05, 3.63) is 23.9 Å². The number of aromatic carboxylic acids is 1. The molecule has 0 amide bonds. The molecule has 1 aliphatic heterocycles. The Balaban J connectivity index is 1.89. The average molecular weight is 382 g/mol. The third kappa shape index (κ3) is 6.14. The van der Waals surface area contributed by atoms with Gasteiger partial charge >= 0.3 is 12.1 Å². The molecule has 140 valence electrons. The van der Waals surface area contributed by atoms with Crippen molar-refractivity contribution in [3.8, 4) is 0 Å². The zero-order valence-electron chi connectivity index (χ0n) is 13.0. The van der Waals surface area contributed by atoms with Crippen molar-refractivity contribution in [2.45, 2.75) is 25.1 Å². The number of halogens is 3. The highest BCUT2D eigenvalue weighted by Crippen LogP contribution is 2.19. The van der Waals surface area contributed by atoms with Gasteiger partial charge in [-0.3, -0.25) is 0 Å². The maximum absolute atomic E-state index is 12.1. The van der Waals surface area contributed by atoms with Gasteiger partial charge in [0.15, 0.2) is 5.69 Å². The number of carbonyl (C=O) groups is 1. The summed E-state index contributed by atoms with van der Waals surface area (Å²) in [7, 11) is -4.25. The van der Waals surface area contributed by atoms with Crippen molar-refractivity contribution >= 4 is 22.0 Å². The summed E-state index contributed by atoms with van der Waals surface area (Å²) in [5, 5.41) is 8.94. The third-order valence-corrected chi connectivity index (χ3v) is 4.72. The Morgan fingerprint density at radius 2 is 1.96 bits per heavy atom. The molecule has 0 atom stereocenters. The van der Waals surface area contributed by atoms with Crippen LogP contribution < -0.4 is 14.3 Å². The molecule has 2 rings (SSSR count). The smallest absolute Gasteiger partial charge is 0.402 e. The minimum absolute atomic E-state index is 0.100. The average Bonchev–Trinajstić information content (AvgIpc) is 2.53. The van der Waals surface area contributed by atoms with Crippen molar-refractivity contribution < 1.29 is 31.5 Å². The summed E-state index contributed by atoms with van der Waals surface area (Å²) in [5.74, 6) is -0.698. The van der Waals surface area contributed by atoms with Crippen molar-refractivity contribution in [1.29, 1.82) is 0 Å². The summed E-state index contributed by atoms with van der Waals surface area (Å²) >= 11 is 0. The van der Waals surface area contributed by atoms with Crippen LogP contribution in [0.3, 0.4) is 0 Å². The SMILES string of the molecule is O=C(O)c1cccc(N2CCC(NS(=O)(=O)NCC(F)(F)F)CC2)n1. The molecule has 8 nitrogen and oxygen atoms in total. The molecule has 0 saturated carbocycles. The first-order valence-electron chi connectivity index (χ1n) is 7.35. The molecule has 0 bridgehead atoms. The van der Waals surface area contributed by atoms with Gasteiger partial charge in [-0.25, -0.2) is 9.78 Å².